The smallest absolute Gasteiger partial charge is 0.407 e. The Morgan fingerprint density at radius 2 is 1.61 bits per heavy atom. The molecule has 176 valence electrons. The molecule has 2 aromatic carbocycles. The molecular formula is C25H30N2O6. The van der Waals surface area contributed by atoms with Crippen LogP contribution in [0.5, 0.6) is 0 Å². The molecule has 0 saturated carbocycles. The van der Waals surface area contributed by atoms with Crippen molar-refractivity contribution in [2.45, 2.75) is 25.9 Å². The van der Waals surface area contributed by atoms with Gasteiger partial charge in [-0.05, 0) is 28.2 Å². The third-order valence-corrected chi connectivity index (χ3v) is 5.56. The van der Waals surface area contributed by atoms with Gasteiger partial charge in [-0.1, -0.05) is 62.4 Å². The van der Waals surface area contributed by atoms with E-state index in [2.05, 4.69) is 17.4 Å². The highest BCUT2D eigenvalue weighted by Gasteiger charge is 2.30. The van der Waals surface area contributed by atoms with E-state index in [1.54, 1.807) is 0 Å². The Morgan fingerprint density at radius 1 is 1.03 bits per heavy atom. The largest absolute Gasteiger partial charge is 0.480 e. The Morgan fingerprint density at radius 3 is 2.12 bits per heavy atom. The van der Waals surface area contributed by atoms with Crippen molar-refractivity contribution in [3.05, 3.63) is 59.7 Å². The zero-order valence-corrected chi connectivity index (χ0v) is 19.1. The molecule has 0 spiro atoms. The number of ether oxygens (including phenoxy) is 2. The lowest BCUT2D eigenvalue weighted by Crippen LogP contribution is -2.48. The van der Waals surface area contributed by atoms with Crippen molar-refractivity contribution in [1.82, 2.24) is 10.2 Å². The molecule has 0 heterocycles. The van der Waals surface area contributed by atoms with Crippen LogP contribution >= 0.6 is 0 Å². The van der Waals surface area contributed by atoms with Crippen LogP contribution in [-0.2, 0) is 19.1 Å². The van der Waals surface area contributed by atoms with Crippen molar-refractivity contribution in [2.24, 2.45) is 5.92 Å². The van der Waals surface area contributed by atoms with Crippen LogP contribution in [0.4, 0.5) is 4.79 Å². The lowest BCUT2D eigenvalue weighted by molar-refractivity contribution is -0.150. The summed E-state index contributed by atoms with van der Waals surface area (Å²) in [7, 11) is 1.34. The van der Waals surface area contributed by atoms with Gasteiger partial charge in [-0.2, -0.15) is 0 Å². The molecule has 8 heteroatoms. The molecule has 1 atom stereocenters. The minimum Gasteiger partial charge on any atom is -0.480 e. The van der Waals surface area contributed by atoms with Crippen LogP contribution in [0, 0.1) is 5.92 Å². The number of carbonyl (C=O) groups excluding carboxylic acids is 2. The second kappa shape index (κ2) is 11.0. The summed E-state index contributed by atoms with van der Waals surface area (Å²) in [6.45, 7) is 3.65. The number of carboxylic acid groups (broad SMARTS) is 1. The first-order chi connectivity index (χ1) is 15.8. The van der Waals surface area contributed by atoms with Crippen LogP contribution in [0.2, 0.25) is 0 Å². The Labute approximate surface area is 193 Å². The van der Waals surface area contributed by atoms with Gasteiger partial charge in [-0.25, -0.2) is 4.79 Å². The summed E-state index contributed by atoms with van der Waals surface area (Å²) in [5.74, 6) is -1.59. The number of carboxylic acids is 1. The van der Waals surface area contributed by atoms with Crippen molar-refractivity contribution in [3.63, 3.8) is 0 Å². The van der Waals surface area contributed by atoms with Crippen LogP contribution < -0.4 is 5.32 Å². The number of methoxy groups -OCH3 is 1. The van der Waals surface area contributed by atoms with Crippen LogP contribution in [0.3, 0.4) is 0 Å². The highest BCUT2D eigenvalue weighted by molar-refractivity contribution is 5.85. The average molecular weight is 455 g/mol. The van der Waals surface area contributed by atoms with Gasteiger partial charge in [0.15, 0.2) is 6.10 Å². The number of nitrogens with one attached hydrogen (secondary N) is 1. The van der Waals surface area contributed by atoms with E-state index >= 15 is 0 Å². The number of fused-ring (bicyclic) bond motifs is 3. The molecule has 0 aliphatic heterocycles. The molecule has 0 bridgehead atoms. The number of carbonyl (C=O) groups is 3. The van der Waals surface area contributed by atoms with Gasteiger partial charge in [0.25, 0.3) is 5.91 Å². The van der Waals surface area contributed by atoms with E-state index in [9.17, 15) is 14.4 Å². The molecular weight excluding hydrogens is 424 g/mol. The third-order valence-electron chi connectivity index (χ3n) is 5.56. The van der Waals surface area contributed by atoms with E-state index in [4.69, 9.17) is 14.6 Å². The molecule has 2 N–H and O–H groups in total. The van der Waals surface area contributed by atoms with Crippen LogP contribution in [-0.4, -0.2) is 67.4 Å². The number of hydrogen-bond donors (Lipinski definition) is 2. The molecule has 3 rings (SSSR count). The highest BCUT2D eigenvalue weighted by Crippen LogP contribution is 2.44. The monoisotopic (exact) mass is 454 g/mol. The van der Waals surface area contributed by atoms with Crippen molar-refractivity contribution in [3.8, 4) is 11.1 Å². The maximum Gasteiger partial charge on any atom is 0.407 e. The second-order valence-electron chi connectivity index (χ2n) is 8.44. The normalized spacial score (nSPS) is 13.2. The van der Waals surface area contributed by atoms with E-state index in [0.717, 1.165) is 22.3 Å². The van der Waals surface area contributed by atoms with E-state index in [0.29, 0.717) is 0 Å². The van der Waals surface area contributed by atoms with Crippen molar-refractivity contribution >= 4 is 18.0 Å². The standard InChI is InChI=1S/C25H30N2O6/c1-16(2)13-27(14-23(28)29)24(30)22(32-3)12-26-25(31)33-15-21-19-10-6-4-8-17(19)18-9-5-7-11-20(18)21/h4-11,16,21-22H,12-15H2,1-3H3,(H,26,31)(H,28,29). The summed E-state index contributed by atoms with van der Waals surface area (Å²) in [6, 6.07) is 16.1. The van der Waals surface area contributed by atoms with E-state index in [1.807, 2.05) is 50.2 Å². The van der Waals surface area contributed by atoms with Gasteiger partial charge in [0, 0.05) is 19.6 Å². The molecule has 1 aliphatic carbocycles. The summed E-state index contributed by atoms with van der Waals surface area (Å²) >= 11 is 0. The first-order valence-corrected chi connectivity index (χ1v) is 10.9. The molecule has 1 unspecified atom stereocenters. The number of amides is 2. The van der Waals surface area contributed by atoms with Crippen molar-refractivity contribution in [1.29, 1.82) is 0 Å². The summed E-state index contributed by atoms with van der Waals surface area (Å²) in [6.07, 6.45) is -1.68. The number of hydrogen-bond acceptors (Lipinski definition) is 5. The summed E-state index contributed by atoms with van der Waals surface area (Å²) < 4.78 is 10.7. The van der Waals surface area contributed by atoms with Crippen LogP contribution in [0.1, 0.15) is 30.9 Å². The topological polar surface area (TPSA) is 105 Å². The van der Waals surface area contributed by atoms with Gasteiger partial charge < -0.3 is 24.8 Å². The maximum atomic E-state index is 12.7. The zero-order chi connectivity index (χ0) is 24.0. The molecule has 0 fully saturated rings. The van der Waals surface area contributed by atoms with Gasteiger partial charge in [0.1, 0.15) is 13.2 Å². The summed E-state index contributed by atoms with van der Waals surface area (Å²) in [4.78, 5) is 37.5. The van der Waals surface area contributed by atoms with E-state index < -0.39 is 30.6 Å². The zero-order valence-electron chi connectivity index (χ0n) is 19.1. The van der Waals surface area contributed by atoms with Crippen LogP contribution in [0.25, 0.3) is 11.1 Å². The second-order valence-corrected chi connectivity index (χ2v) is 8.44. The van der Waals surface area contributed by atoms with Crippen molar-refractivity contribution in [2.75, 3.05) is 33.4 Å². The van der Waals surface area contributed by atoms with Gasteiger partial charge in [0.2, 0.25) is 0 Å². The number of alkyl carbamates (subject to hydrolysis) is 1. The van der Waals surface area contributed by atoms with E-state index in [-0.39, 0.29) is 31.5 Å². The van der Waals surface area contributed by atoms with E-state index in [1.165, 1.54) is 12.0 Å². The Bertz CT molecular complexity index is 960. The minimum atomic E-state index is -1.11. The molecule has 8 nitrogen and oxygen atoms in total. The quantitative estimate of drug-likeness (QED) is 0.572. The molecule has 0 aromatic heterocycles. The summed E-state index contributed by atoms with van der Waals surface area (Å²) in [5, 5.41) is 11.7. The predicted molar refractivity (Wildman–Crippen MR) is 123 cm³/mol. The number of aliphatic carboxylic acids is 1. The van der Waals surface area contributed by atoms with Crippen molar-refractivity contribution < 1.29 is 29.0 Å². The third kappa shape index (κ3) is 5.90. The molecule has 1 aliphatic rings. The molecule has 2 aromatic rings. The number of rotatable bonds is 10. The predicted octanol–water partition coefficient (Wildman–Crippen LogP) is 3.11. The van der Waals surface area contributed by atoms with Gasteiger partial charge in [-0.3, -0.25) is 9.59 Å². The lowest BCUT2D eigenvalue weighted by atomic mass is 9.98. The highest BCUT2D eigenvalue weighted by atomic mass is 16.5. The maximum absolute atomic E-state index is 12.7. The Balaban J connectivity index is 1.58. The fourth-order valence-corrected chi connectivity index (χ4v) is 4.14. The molecule has 0 radical (unpaired) electrons. The lowest BCUT2D eigenvalue weighted by Gasteiger charge is -2.27. The molecule has 2 amide bonds. The summed E-state index contributed by atoms with van der Waals surface area (Å²) in [5.41, 5.74) is 4.48. The first-order valence-electron chi connectivity index (χ1n) is 10.9. The Hall–Kier alpha value is -3.39. The van der Waals surface area contributed by atoms with Gasteiger partial charge >= 0.3 is 12.1 Å². The Kier molecular flexibility index (Phi) is 8.06. The number of nitrogens with zero attached hydrogens (tertiary/aromatic N) is 1. The first kappa shape index (κ1) is 24.3. The van der Waals surface area contributed by atoms with Crippen LogP contribution in [0.15, 0.2) is 48.5 Å². The average Bonchev–Trinajstić information content (AvgIpc) is 3.10. The minimum absolute atomic E-state index is 0.0693. The fraction of sp³-hybridized carbons (Fsp3) is 0.400. The van der Waals surface area contributed by atoms with Gasteiger partial charge in [-0.15, -0.1) is 0 Å². The molecule has 0 saturated heterocycles. The molecule has 33 heavy (non-hydrogen) atoms. The van der Waals surface area contributed by atoms with Gasteiger partial charge in [0.05, 0.1) is 6.54 Å². The SMILES string of the molecule is COC(CNC(=O)OCC1c2ccccc2-c2ccccc21)C(=O)N(CC(=O)O)CC(C)C. The number of benzene rings is 2. The fourth-order valence-electron chi connectivity index (χ4n) is 4.14.